The molecule has 0 aliphatic rings. The molecule has 0 aromatic heterocycles. The number of carbonyl (C=O) groups excluding carboxylic acids is 1. The van der Waals surface area contributed by atoms with Gasteiger partial charge in [0.05, 0.1) is 18.2 Å². The maximum atomic E-state index is 12.2. The van der Waals surface area contributed by atoms with Gasteiger partial charge in [-0.2, -0.15) is 5.10 Å². The minimum absolute atomic E-state index is 0.377. The Labute approximate surface area is 167 Å². The van der Waals surface area contributed by atoms with Crippen molar-refractivity contribution in [2.45, 2.75) is 0 Å². The number of anilines is 2. The summed E-state index contributed by atoms with van der Waals surface area (Å²) in [5, 5.41) is 3.90. The second-order valence-corrected chi connectivity index (χ2v) is 8.76. The van der Waals surface area contributed by atoms with E-state index in [9.17, 15) is 13.2 Å². The normalized spacial score (nSPS) is 11.4. The molecule has 0 aliphatic carbocycles. The van der Waals surface area contributed by atoms with E-state index < -0.39 is 15.9 Å². The summed E-state index contributed by atoms with van der Waals surface area (Å²) in [6, 6.07) is 14.4. The maximum Gasteiger partial charge on any atom is 0.260 e. The lowest BCUT2D eigenvalue weighted by Crippen LogP contribution is -2.39. The van der Waals surface area contributed by atoms with Gasteiger partial charge in [0.25, 0.3) is 5.91 Å². The molecule has 0 heterocycles. The van der Waals surface area contributed by atoms with Crippen molar-refractivity contribution >= 4 is 49.4 Å². The van der Waals surface area contributed by atoms with Gasteiger partial charge in [0, 0.05) is 24.3 Å². The third-order valence-electron chi connectivity index (χ3n) is 3.62. The van der Waals surface area contributed by atoms with Crippen LogP contribution in [-0.2, 0) is 14.8 Å². The molecule has 0 bridgehead atoms. The average molecular weight is 453 g/mol. The summed E-state index contributed by atoms with van der Waals surface area (Å²) in [4.78, 5) is 14.1. The van der Waals surface area contributed by atoms with E-state index in [0.29, 0.717) is 10.2 Å². The fourth-order valence-electron chi connectivity index (χ4n) is 2.24. The summed E-state index contributed by atoms with van der Waals surface area (Å²) < 4.78 is 25.8. The number of nitrogens with zero attached hydrogens (tertiary/aromatic N) is 3. The van der Waals surface area contributed by atoms with Crippen molar-refractivity contribution in [3.8, 4) is 0 Å². The summed E-state index contributed by atoms with van der Waals surface area (Å²) >= 11 is 3.31. The van der Waals surface area contributed by atoms with Crippen LogP contribution in [0, 0.1) is 0 Å². The molecule has 0 unspecified atom stereocenters. The van der Waals surface area contributed by atoms with E-state index >= 15 is 0 Å². The fraction of sp³-hybridized carbons (Fsp3) is 0.222. The van der Waals surface area contributed by atoms with Crippen LogP contribution in [0.5, 0.6) is 0 Å². The monoisotopic (exact) mass is 452 g/mol. The highest BCUT2D eigenvalue weighted by atomic mass is 79.9. The summed E-state index contributed by atoms with van der Waals surface area (Å²) in [5.41, 5.74) is 4.61. The van der Waals surface area contributed by atoms with Gasteiger partial charge in [-0.05, 0) is 45.8 Å². The van der Waals surface area contributed by atoms with E-state index in [1.54, 1.807) is 24.3 Å². The Bertz CT molecular complexity index is 928. The van der Waals surface area contributed by atoms with Crippen molar-refractivity contribution in [1.29, 1.82) is 0 Å². The van der Waals surface area contributed by atoms with E-state index in [0.717, 1.165) is 21.8 Å². The third kappa shape index (κ3) is 6.07. The summed E-state index contributed by atoms with van der Waals surface area (Å²) in [5.74, 6) is -0.544. The van der Waals surface area contributed by atoms with Gasteiger partial charge in [-0.25, -0.2) is 13.8 Å². The van der Waals surface area contributed by atoms with Crippen LogP contribution >= 0.6 is 15.9 Å². The second-order valence-electron chi connectivity index (χ2n) is 6.00. The predicted molar refractivity (Wildman–Crippen MR) is 113 cm³/mol. The minimum atomic E-state index is -3.64. The first-order valence-corrected chi connectivity index (χ1v) is 10.6. The number of benzene rings is 2. The lowest BCUT2D eigenvalue weighted by atomic mass is 10.2. The van der Waals surface area contributed by atoms with Crippen LogP contribution in [0.3, 0.4) is 0 Å². The van der Waals surface area contributed by atoms with Crippen LogP contribution in [0.1, 0.15) is 5.56 Å². The van der Waals surface area contributed by atoms with E-state index in [4.69, 9.17) is 0 Å². The molecule has 0 fully saturated rings. The first-order valence-electron chi connectivity index (χ1n) is 8.00. The molecule has 2 aromatic rings. The molecule has 9 heteroatoms. The van der Waals surface area contributed by atoms with Crippen molar-refractivity contribution < 1.29 is 13.2 Å². The minimum Gasteiger partial charge on any atom is -0.378 e. The molecular formula is C18H21BrN4O3S. The molecule has 1 N–H and O–H groups in total. The number of hydrogen-bond donors (Lipinski definition) is 1. The Morgan fingerprint density at radius 2 is 1.78 bits per heavy atom. The first-order chi connectivity index (χ1) is 12.7. The zero-order valence-electron chi connectivity index (χ0n) is 15.3. The molecule has 2 rings (SSSR count). The zero-order valence-corrected chi connectivity index (χ0v) is 17.7. The van der Waals surface area contributed by atoms with Gasteiger partial charge >= 0.3 is 0 Å². The van der Waals surface area contributed by atoms with E-state index in [1.165, 1.54) is 6.21 Å². The quantitative estimate of drug-likeness (QED) is 0.516. The van der Waals surface area contributed by atoms with Crippen LogP contribution in [0.25, 0.3) is 0 Å². The highest BCUT2D eigenvalue weighted by Gasteiger charge is 2.22. The van der Waals surface area contributed by atoms with Gasteiger partial charge in [0.1, 0.15) is 6.54 Å². The Kier molecular flexibility index (Phi) is 6.98. The second kappa shape index (κ2) is 9.01. The molecule has 7 nitrogen and oxygen atoms in total. The smallest absolute Gasteiger partial charge is 0.260 e. The van der Waals surface area contributed by atoms with Gasteiger partial charge < -0.3 is 4.90 Å². The SMILES string of the molecule is CN(C)c1ccc(C=NNC(=O)CN(c2ccccc2Br)S(C)(=O)=O)cc1. The Hall–Kier alpha value is -2.39. The summed E-state index contributed by atoms with van der Waals surface area (Å²) in [7, 11) is 0.253. The third-order valence-corrected chi connectivity index (χ3v) is 5.42. The number of nitrogens with one attached hydrogen (secondary N) is 1. The van der Waals surface area contributed by atoms with Crippen molar-refractivity contribution in [3.05, 3.63) is 58.6 Å². The highest BCUT2D eigenvalue weighted by molar-refractivity contribution is 9.10. The average Bonchev–Trinajstić information content (AvgIpc) is 2.60. The molecule has 0 radical (unpaired) electrons. The summed E-state index contributed by atoms with van der Waals surface area (Å²) in [6.07, 6.45) is 2.55. The van der Waals surface area contributed by atoms with Gasteiger partial charge in [-0.15, -0.1) is 0 Å². The fourth-order valence-corrected chi connectivity index (χ4v) is 3.72. The lowest BCUT2D eigenvalue weighted by Gasteiger charge is -2.22. The number of sulfonamides is 1. The van der Waals surface area contributed by atoms with Crippen LogP contribution in [0.15, 0.2) is 58.1 Å². The first kappa shape index (κ1) is 20.9. The van der Waals surface area contributed by atoms with Crippen molar-refractivity contribution in [2.24, 2.45) is 5.10 Å². The molecule has 0 saturated carbocycles. The molecule has 0 aliphatic heterocycles. The standard InChI is InChI=1S/C18H21BrN4O3S/c1-22(2)15-10-8-14(9-11-15)12-20-21-18(24)13-23(27(3,25)26)17-7-5-4-6-16(17)19/h4-12H,13H2,1-3H3,(H,21,24). The van der Waals surface area contributed by atoms with E-state index in [2.05, 4.69) is 26.5 Å². The van der Waals surface area contributed by atoms with Gasteiger partial charge in [0.15, 0.2) is 0 Å². The zero-order chi connectivity index (χ0) is 20.0. The van der Waals surface area contributed by atoms with Crippen LogP contribution in [0.4, 0.5) is 11.4 Å². The van der Waals surface area contributed by atoms with Gasteiger partial charge in [-0.3, -0.25) is 9.10 Å². The van der Waals surface area contributed by atoms with Gasteiger partial charge in [0.2, 0.25) is 10.0 Å². The summed E-state index contributed by atoms with van der Waals surface area (Å²) in [6.45, 7) is -0.377. The van der Waals surface area contributed by atoms with Gasteiger partial charge in [-0.1, -0.05) is 24.3 Å². The van der Waals surface area contributed by atoms with Crippen molar-refractivity contribution in [2.75, 3.05) is 36.1 Å². The molecule has 2 aromatic carbocycles. The number of rotatable bonds is 7. The molecule has 144 valence electrons. The highest BCUT2D eigenvalue weighted by Crippen LogP contribution is 2.27. The Morgan fingerprint density at radius 3 is 2.33 bits per heavy atom. The van der Waals surface area contributed by atoms with Crippen LogP contribution in [0.2, 0.25) is 0 Å². The van der Waals surface area contributed by atoms with E-state index in [-0.39, 0.29) is 6.54 Å². The number of hydrogen-bond acceptors (Lipinski definition) is 5. The largest absolute Gasteiger partial charge is 0.378 e. The van der Waals surface area contributed by atoms with Crippen LogP contribution < -0.4 is 14.6 Å². The lowest BCUT2D eigenvalue weighted by molar-refractivity contribution is -0.119. The number of halogens is 1. The molecular weight excluding hydrogens is 432 g/mol. The number of hydrazone groups is 1. The number of carbonyl (C=O) groups is 1. The molecule has 27 heavy (non-hydrogen) atoms. The molecule has 0 spiro atoms. The Morgan fingerprint density at radius 1 is 1.15 bits per heavy atom. The maximum absolute atomic E-state index is 12.2. The molecule has 1 amide bonds. The predicted octanol–water partition coefficient (Wildman–Crippen LogP) is 2.43. The van der Waals surface area contributed by atoms with Crippen molar-refractivity contribution in [1.82, 2.24) is 5.43 Å². The van der Waals surface area contributed by atoms with Crippen LogP contribution in [-0.4, -0.2) is 47.4 Å². The molecule has 0 saturated heterocycles. The number of para-hydroxylation sites is 1. The molecule has 0 atom stereocenters. The topological polar surface area (TPSA) is 82.1 Å². The number of amides is 1. The van der Waals surface area contributed by atoms with Crippen molar-refractivity contribution in [3.63, 3.8) is 0 Å². The Balaban J connectivity index is 2.05. The van der Waals surface area contributed by atoms with E-state index in [1.807, 2.05) is 43.3 Å².